The van der Waals surface area contributed by atoms with Crippen LogP contribution in [0, 0.1) is 5.82 Å². The Morgan fingerprint density at radius 3 is 2.48 bits per heavy atom. The highest BCUT2D eigenvalue weighted by Gasteiger charge is 2.35. The molecule has 0 fully saturated rings. The quantitative estimate of drug-likeness (QED) is 0.592. The summed E-state index contributed by atoms with van der Waals surface area (Å²) in [6.07, 6.45) is 0. The van der Waals surface area contributed by atoms with Gasteiger partial charge in [0.1, 0.15) is 12.4 Å². The third-order valence-corrected chi connectivity index (χ3v) is 4.60. The number of hydrogen-bond donors (Lipinski definition) is 0. The maximum Gasteiger partial charge on any atom is 0.285 e. The number of rotatable bonds is 4. The molecule has 0 N–H and O–H groups in total. The summed E-state index contributed by atoms with van der Waals surface area (Å²) in [4.78, 5) is 19.8. The van der Waals surface area contributed by atoms with Crippen molar-refractivity contribution in [3.8, 4) is 0 Å². The first-order valence-corrected chi connectivity index (χ1v) is 8.66. The van der Waals surface area contributed by atoms with Crippen molar-refractivity contribution in [3.05, 3.63) is 94.8 Å². The van der Waals surface area contributed by atoms with E-state index in [2.05, 4.69) is 5.16 Å². The molecule has 3 aromatic rings. The second kappa shape index (κ2) is 7.21. The van der Waals surface area contributed by atoms with Gasteiger partial charge in [-0.2, -0.15) is 0 Å². The highest BCUT2D eigenvalue weighted by atomic mass is 35.5. The first kappa shape index (κ1) is 17.2. The third-order valence-electron chi connectivity index (χ3n) is 4.25. The van der Waals surface area contributed by atoms with Gasteiger partial charge in [-0.05, 0) is 30.3 Å². The van der Waals surface area contributed by atoms with Crippen LogP contribution in [-0.4, -0.2) is 11.6 Å². The summed E-state index contributed by atoms with van der Waals surface area (Å²) in [7, 11) is 0. The van der Waals surface area contributed by atoms with Gasteiger partial charge < -0.3 is 4.84 Å². The van der Waals surface area contributed by atoms with Crippen molar-refractivity contribution >= 4 is 34.6 Å². The highest BCUT2D eigenvalue weighted by molar-refractivity contribution is 6.55. The minimum Gasteiger partial charge on any atom is -0.390 e. The standard InChI is InChI=1S/C21H14ClFN2O2/c22-17-10-6-11-18(23)16(17)13-27-24-20-15-9-4-5-12-19(15)25(21(20)26)14-7-2-1-3-8-14/h1-12H,13H2/b24-20-. The van der Waals surface area contributed by atoms with Crippen LogP contribution in [0.1, 0.15) is 11.1 Å². The third kappa shape index (κ3) is 3.17. The minimum atomic E-state index is -0.480. The number of halogens is 2. The number of anilines is 2. The van der Waals surface area contributed by atoms with E-state index in [4.69, 9.17) is 16.4 Å². The predicted molar refractivity (Wildman–Crippen MR) is 103 cm³/mol. The molecule has 0 radical (unpaired) electrons. The molecule has 6 heteroatoms. The lowest BCUT2D eigenvalue weighted by Crippen LogP contribution is -2.25. The molecule has 1 amide bonds. The summed E-state index contributed by atoms with van der Waals surface area (Å²) < 4.78 is 13.9. The predicted octanol–water partition coefficient (Wildman–Crippen LogP) is 5.08. The number of hydrogen-bond acceptors (Lipinski definition) is 3. The van der Waals surface area contributed by atoms with Crippen molar-refractivity contribution in [2.75, 3.05) is 4.90 Å². The van der Waals surface area contributed by atoms with Crippen LogP contribution in [0.2, 0.25) is 5.02 Å². The van der Waals surface area contributed by atoms with Crippen LogP contribution >= 0.6 is 11.6 Å². The Bertz CT molecular complexity index is 1020. The number of carbonyl (C=O) groups is 1. The highest BCUT2D eigenvalue weighted by Crippen LogP contribution is 2.35. The van der Waals surface area contributed by atoms with Crippen molar-refractivity contribution in [1.29, 1.82) is 0 Å². The molecule has 0 bridgehead atoms. The number of oxime groups is 1. The molecule has 3 aromatic carbocycles. The van der Waals surface area contributed by atoms with Crippen LogP contribution in [0.15, 0.2) is 78.0 Å². The summed E-state index contributed by atoms with van der Waals surface area (Å²) in [5, 5.41) is 4.25. The monoisotopic (exact) mass is 380 g/mol. The average molecular weight is 381 g/mol. The molecule has 0 unspecified atom stereocenters. The second-order valence-corrected chi connectivity index (χ2v) is 6.31. The molecule has 4 nitrogen and oxygen atoms in total. The summed E-state index contributed by atoms with van der Waals surface area (Å²) >= 11 is 5.99. The van der Waals surface area contributed by atoms with Gasteiger partial charge in [0.25, 0.3) is 5.91 Å². The van der Waals surface area contributed by atoms with E-state index in [1.54, 1.807) is 17.0 Å². The molecule has 0 aliphatic carbocycles. The Morgan fingerprint density at radius 2 is 1.70 bits per heavy atom. The Balaban J connectivity index is 1.65. The number of nitrogens with zero attached hydrogens (tertiary/aromatic N) is 2. The zero-order chi connectivity index (χ0) is 18.8. The SMILES string of the molecule is O=C1/C(=N\OCc2c(F)cccc2Cl)c2ccccc2N1c1ccccc1. The molecule has 0 spiro atoms. The maximum atomic E-state index is 13.9. The Kier molecular flexibility index (Phi) is 4.60. The van der Waals surface area contributed by atoms with Crippen molar-refractivity contribution in [3.63, 3.8) is 0 Å². The van der Waals surface area contributed by atoms with E-state index in [-0.39, 0.29) is 28.8 Å². The van der Waals surface area contributed by atoms with Gasteiger partial charge in [0.05, 0.1) is 10.7 Å². The van der Waals surface area contributed by atoms with Gasteiger partial charge in [-0.25, -0.2) is 4.39 Å². The molecule has 1 heterocycles. The molecular weight excluding hydrogens is 367 g/mol. The first-order chi connectivity index (χ1) is 13.2. The van der Waals surface area contributed by atoms with Crippen LogP contribution in [0.25, 0.3) is 0 Å². The number of carbonyl (C=O) groups excluding carboxylic acids is 1. The van der Waals surface area contributed by atoms with E-state index in [9.17, 15) is 9.18 Å². The van der Waals surface area contributed by atoms with E-state index in [1.807, 2.05) is 48.5 Å². The lowest BCUT2D eigenvalue weighted by molar-refractivity contribution is -0.111. The zero-order valence-electron chi connectivity index (χ0n) is 14.1. The Morgan fingerprint density at radius 1 is 0.963 bits per heavy atom. The summed E-state index contributed by atoms with van der Waals surface area (Å²) in [5.41, 5.74) is 2.48. The van der Waals surface area contributed by atoms with Crippen molar-refractivity contribution in [2.45, 2.75) is 6.61 Å². The van der Waals surface area contributed by atoms with Gasteiger partial charge >= 0.3 is 0 Å². The second-order valence-electron chi connectivity index (χ2n) is 5.91. The lowest BCUT2D eigenvalue weighted by atomic mass is 10.1. The van der Waals surface area contributed by atoms with Gasteiger partial charge in [0.2, 0.25) is 0 Å². The Labute approximate surface area is 160 Å². The fourth-order valence-electron chi connectivity index (χ4n) is 2.95. The van der Waals surface area contributed by atoms with E-state index < -0.39 is 5.82 Å². The van der Waals surface area contributed by atoms with Crippen molar-refractivity contribution in [1.82, 2.24) is 0 Å². The van der Waals surface area contributed by atoms with E-state index >= 15 is 0 Å². The van der Waals surface area contributed by atoms with E-state index in [0.29, 0.717) is 5.56 Å². The number of benzene rings is 3. The van der Waals surface area contributed by atoms with Crippen molar-refractivity contribution in [2.24, 2.45) is 5.16 Å². The topological polar surface area (TPSA) is 41.9 Å². The van der Waals surface area contributed by atoms with Crippen LogP contribution < -0.4 is 4.90 Å². The first-order valence-electron chi connectivity index (χ1n) is 8.28. The molecule has 4 rings (SSSR count). The molecule has 134 valence electrons. The van der Waals surface area contributed by atoms with Crippen molar-refractivity contribution < 1.29 is 14.0 Å². The molecule has 0 saturated heterocycles. The number of fused-ring (bicyclic) bond motifs is 1. The van der Waals surface area contributed by atoms with E-state index in [0.717, 1.165) is 11.4 Å². The van der Waals surface area contributed by atoms with Gasteiger partial charge in [0.15, 0.2) is 5.71 Å². The molecule has 0 saturated carbocycles. The summed E-state index contributed by atoms with van der Waals surface area (Å²) in [6, 6.07) is 21.0. The lowest BCUT2D eigenvalue weighted by Gasteiger charge is -2.16. The molecule has 1 aliphatic rings. The normalized spacial score (nSPS) is 14.5. The largest absolute Gasteiger partial charge is 0.390 e. The number of amides is 1. The summed E-state index contributed by atoms with van der Waals surface area (Å²) in [5.74, 6) is -0.784. The fourth-order valence-corrected chi connectivity index (χ4v) is 3.17. The van der Waals surface area contributed by atoms with Gasteiger partial charge in [-0.15, -0.1) is 0 Å². The van der Waals surface area contributed by atoms with Crippen LogP contribution in [0.4, 0.5) is 15.8 Å². The van der Waals surface area contributed by atoms with E-state index in [1.165, 1.54) is 12.1 Å². The zero-order valence-corrected chi connectivity index (χ0v) is 14.9. The summed E-state index contributed by atoms with van der Waals surface area (Å²) in [6.45, 7) is -0.171. The van der Waals surface area contributed by atoms with Gasteiger partial charge in [-0.1, -0.05) is 59.2 Å². The molecule has 1 aliphatic heterocycles. The van der Waals surface area contributed by atoms with Gasteiger partial charge in [-0.3, -0.25) is 9.69 Å². The fraction of sp³-hybridized carbons (Fsp3) is 0.0476. The van der Waals surface area contributed by atoms with Crippen LogP contribution in [0.5, 0.6) is 0 Å². The van der Waals surface area contributed by atoms with Crippen LogP contribution in [0.3, 0.4) is 0 Å². The Hall–Kier alpha value is -3.18. The van der Waals surface area contributed by atoms with Crippen LogP contribution in [-0.2, 0) is 16.2 Å². The average Bonchev–Trinajstić information content (AvgIpc) is 2.96. The van der Waals surface area contributed by atoms with Gasteiger partial charge in [0, 0.05) is 16.8 Å². The number of para-hydroxylation sites is 2. The molecular formula is C21H14ClFN2O2. The molecule has 0 atom stereocenters. The minimum absolute atomic E-state index is 0.168. The molecule has 27 heavy (non-hydrogen) atoms. The maximum absolute atomic E-state index is 13.9. The smallest absolute Gasteiger partial charge is 0.285 e. The molecule has 0 aromatic heterocycles.